The smallest absolute Gasteiger partial charge is 0.256 e. The van der Waals surface area contributed by atoms with E-state index in [4.69, 9.17) is 0 Å². The fourth-order valence-electron chi connectivity index (χ4n) is 2.45. The first kappa shape index (κ1) is 11.4. The van der Waals surface area contributed by atoms with Gasteiger partial charge in [-0.05, 0) is 38.8 Å². The summed E-state index contributed by atoms with van der Waals surface area (Å²) < 4.78 is 1.79. The van der Waals surface area contributed by atoms with Crippen molar-refractivity contribution in [3.63, 3.8) is 0 Å². The minimum Gasteiger partial charge on any atom is -0.386 e. The summed E-state index contributed by atoms with van der Waals surface area (Å²) in [7, 11) is 0. The Morgan fingerprint density at radius 1 is 1.38 bits per heavy atom. The molecule has 1 saturated carbocycles. The van der Waals surface area contributed by atoms with E-state index >= 15 is 0 Å². The first-order chi connectivity index (χ1) is 7.50. The standard InChI is InChI=1S/C13H19NO2/c1-13(2,16)11-8-5-9-14(12(11)15)10-6-3-4-7-10/h5,8-10,16H,3-4,6-7H2,1-2H3. The van der Waals surface area contributed by atoms with Crippen LogP contribution in [0.2, 0.25) is 0 Å². The molecule has 1 aliphatic rings. The van der Waals surface area contributed by atoms with Crippen molar-refractivity contribution in [2.75, 3.05) is 0 Å². The Kier molecular flexibility index (Phi) is 2.89. The SMILES string of the molecule is CC(C)(O)c1cccn(C2CCCC2)c1=O. The zero-order valence-electron chi connectivity index (χ0n) is 9.94. The highest BCUT2D eigenvalue weighted by atomic mass is 16.3. The molecule has 0 amide bonds. The summed E-state index contributed by atoms with van der Waals surface area (Å²) >= 11 is 0. The largest absolute Gasteiger partial charge is 0.386 e. The molecule has 0 bridgehead atoms. The third kappa shape index (κ3) is 2.05. The molecule has 0 aromatic carbocycles. The van der Waals surface area contributed by atoms with Gasteiger partial charge >= 0.3 is 0 Å². The second kappa shape index (κ2) is 4.06. The highest BCUT2D eigenvalue weighted by molar-refractivity contribution is 5.17. The van der Waals surface area contributed by atoms with Crippen molar-refractivity contribution < 1.29 is 5.11 Å². The first-order valence-corrected chi connectivity index (χ1v) is 5.94. The molecule has 3 nitrogen and oxygen atoms in total. The van der Waals surface area contributed by atoms with E-state index in [0.717, 1.165) is 12.8 Å². The summed E-state index contributed by atoms with van der Waals surface area (Å²) in [6.45, 7) is 3.31. The van der Waals surface area contributed by atoms with E-state index in [9.17, 15) is 9.90 Å². The molecule has 0 radical (unpaired) electrons. The molecule has 1 aromatic heterocycles. The number of nitrogens with zero attached hydrogens (tertiary/aromatic N) is 1. The van der Waals surface area contributed by atoms with Crippen LogP contribution in [0.5, 0.6) is 0 Å². The highest BCUT2D eigenvalue weighted by Crippen LogP contribution is 2.28. The zero-order chi connectivity index (χ0) is 11.8. The number of pyridine rings is 1. The van der Waals surface area contributed by atoms with Gasteiger partial charge in [-0.1, -0.05) is 12.8 Å². The Hall–Kier alpha value is -1.09. The molecule has 0 atom stereocenters. The first-order valence-electron chi connectivity index (χ1n) is 5.94. The summed E-state index contributed by atoms with van der Waals surface area (Å²) in [5.41, 5.74) is -0.609. The van der Waals surface area contributed by atoms with Gasteiger partial charge in [0.25, 0.3) is 5.56 Å². The normalized spacial score (nSPS) is 17.9. The van der Waals surface area contributed by atoms with Gasteiger partial charge in [-0.3, -0.25) is 4.79 Å². The molecule has 1 N–H and O–H groups in total. The molecule has 16 heavy (non-hydrogen) atoms. The molecule has 2 rings (SSSR count). The summed E-state index contributed by atoms with van der Waals surface area (Å²) in [5, 5.41) is 9.92. The lowest BCUT2D eigenvalue weighted by atomic mass is 10.00. The number of rotatable bonds is 2. The van der Waals surface area contributed by atoms with Crippen LogP contribution in [-0.4, -0.2) is 9.67 Å². The molecular weight excluding hydrogens is 202 g/mol. The van der Waals surface area contributed by atoms with Crippen LogP contribution < -0.4 is 5.56 Å². The van der Waals surface area contributed by atoms with Gasteiger partial charge < -0.3 is 9.67 Å². The topological polar surface area (TPSA) is 42.2 Å². The Labute approximate surface area is 95.7 Å². The monoisotopic (exact) mass is 221 g/mol. The summed E-state index contributed by atoms with van der Waals surface area (Å²) in [6.07, 6.45) is 6.39. The van der Waals surface area contributed by atoms with Crippen LogP contribution in [0.1, 0.15) is 51.1 Å². The second-order valence-electron chi connectivity index (χ2n) is 5.13. The van der Waals surface area contributed by atoms with Crippen LogP contribution in [0, 0.1) is 0 Å². The van der Waals surface area contributed by atoms with Crippen molar-refractivity contribution >= 4 is 0 Å². The maximum absolute atomic E-state index is 12.2. The van der Waals surface area contributed by atoms with Crippen LogP contribution in [0.15, 0.2) is 23.1 Å². The molecule has 1 fully saturated rings. The van der Waals surface area contributed by atoms with Crippen molar-refractivity contribution in [2.24, 2.45) is 0 Å². The molecule has 1 aromatic rings. The molecule has 1 aliphatic carbocycles. The van der Waals surface area contributed by atoms with Gasteiger partial charge in [0.05, 0.1) is 5.60 Å². The zero-order valence-corrected chi connectivity index (χ0v) is 9.94. The van der Waals surface area contributed by atoms with Gasteiger partial charge in [-0.15, -0.1) is 0 Å². The van der Waals surface area contributed by atoms with Gasteiger partial charge in [0.2, 0.25) is 0 Å². The fraction of sp³-hybridized carbons (Fsp3) is 0.615. The van der Waals surface area contributed by atoms with E-state index in [1.54, 1.807) is 24.5 Å². The predicted octanol–water partition coefficient (Wildman–Crippen LogP) is 2.19. The molecule has 0 aliphatic heterocycles. The number of hydrogen-bond acceptors (Lipinski definition) is 2. The van der Waals surface area contributed by atoms with Crippen LogP contribution in [0.4, 0.5) is 0 Å². The average Bonchev–Trinajstić information content (AvgIpc) is 2.69. The molecular formula is C13H19NO2. The number of aliphatic hydroxyl groups is 1. The van der Waals surface area contributed by atoms with Crippen LogP contribution >= 0.6 is 0 Å². The van der Waals surface area contributed by atoms with Crippen molar-refractivity contribution in [2.45, 2.75) is 51.2 Å². The van der Waals surface area contributed by atoms with Crippen molar-refractivity contribution in [1.29, 1.82) is 0 Å². The number of hydrogen-bond donors (Lipinski definition) is 1. The third-order valence-corrected chi connectivity index (χ3v) is 3.35. The second-order valence-corrected chi connectivity index (χ2v) is 5.13. The maximum Gasteiger partial charge on any atom is 0.256 e. The van der Waals surface area contributed by atoms with Crippen LogP contribution in [0.3, 0.4) is 0 Å². The Bertz CT molecular complexity index is 422. The Morgan fingerprint density at radius 2 is 2.00 bits per heavy atom. The van der Waals surface area contributed by atoms with Crippen LogP contribution in [0.25, 0.3) is 0 Å². The summed E-state index contributed by atoms with van der Waals surface area (Å²) in [6, 6.07) is 3.90. The fourth-order valence-corrected chi connectivity index (χ4v) is 2.45. The van der Waals surface area contributed by atoms with Crippen molar-refractivity contribution in [3.05, 3.63) is 34.2 Å². The van der Waals surface area contributed by atoms with E-state index < -0.39 is 5.60 Å². The third-order valence-electron chi connectivity index (χ3n) is 3.35. The number of aromatic nitrogens is 1. The highest BCUT2D eigenvalue weighted by Gasteiger charge is 2.24. The molecule has 1 heterocycles. The van der Waals surface area contributed by atoms with Crippen molar-refractivity contribution in [1.82, 2.24) is 4.57 Å². The predicted molar refractivity (Wildman–Crippen MR) is 63.5 cm³/mol. The molecule has 0 unspecified atom stereocenters. The lowest BCUT2D eigenvalue weighted by Gasteiger charge is -2.20. The molecule has 88 valence electrons. The maximum atomic E-state index is 12.2. The minimum absolute atomic E-state index is 0.0399. The van der Waals surface area contributed by atoms with E-state index in [0.29, 0.717) is 11.6 Å². The van der Waals surface area contributed by atoms with E-state index in [2.05, 4.69) is 0 Å². The quantitative estimate of drug-likeness (QED) is 0.831. The van der Waals surface area contributed by atoms with Crippen molar-refractivity contribution in [3.8, 4) is 0 Å². The summed E-state index contributed by atoms with van der Waals surface area (Å²) in [5.74, 6) is 0. The van der Waals surface area contributed by atoms with Crippen LogP contribution in [-0.2, 0) is 5.60 Å². The average molecular weight is 221 g/mol. The van der Waals surface area contributed by atoms with Gasteiger partial charge in [-0.2, -0.15) is 0 Å². The van der Waals surface area contributed by atoms with E-state index in [1.165, 1.54) is 12.8 Å². The lowest BCUT2D eigenvalue weighted by Crippen LogP contribution is -2.32. The minimum atomic E-state index is -1.06. The van der Waals surface area contributed by atoms with E-state index in [1.807, 2.05) is 12.3 Å². The van der Waals surface area contributed by atoms with Gasteiger partial charge in [0, 0.05) is 17.8 Å². The molecule has 3 heteroatoms. The van der Waals surface area contributed by atoms with Gasteiger partial charge in [0.1, 0.15) is 0 Å². The van der Waals surface area contributed by atoms with E-state index in [-0.39, 0.29) is 5.56 Å². The molecule has 0 spiro atoms. The molecule has 0 saturated heterocycles. The van der Waals surface area contributed by atoms with Gasteiger partial charge in [0.15, 0.2) is 0 Å². The Balaban J connectivity index is 2.44. The van der Waals surface area contributed by atoms with Gasteiger partial charge in [-0.25, -0.2) is 0 Å². The lowest BCUT2D eigenvalue weighted by molar-refractivity contribution is 0.0763. The Morgan fingerprint density at radius 3 is 2.56 bits per heavy atom. The summed E-state index contributed by atoms with van der Waals surface area (Å²) in [4.78, 5) is 12.2.